The van der Waals surface area contributed by atoms with Gasteiger partial charge in [0.05, 0.1) is 13.2 Å². The molecule has 5 nitrogen and oxygen atoms in total. The number of hydrogen-bond donors (Lipinski definition) is 2. The van der Waals surface area contributed by atoms with Gasteiger partial charge in [-0.05, 0) is 82.9 Å². The first-order valence-corrected chi connectivity index (χ1v) is 11.2. The lowest BCUT2D eigenvalue weighted by molar-refractivity contribution is -0.723. The first-order chi connectivity index (χ1) is 13.8. The summed E-state index contributed by atoms with van der Waals surface area (Å²) in [6, 6.07) is 6.89. The summed E-state index contributed by atoms with van der Waals surface area (Å²) in [5.41, 5.74) is 0.990. The Hall–Kier alpha value is -1.75. The van der Waals surface area contributed by atoms with Crippen molar-refractivity contribution in [2.24, 2.45) is 23.7 Å². The Bertz CT molecular complexity index is 712. The number of nitrogens with one attached hydrogen (secondary N) is 1. The third kappa shape index (κ3) is 4.88. The van der Waals surface area contributed by atoms with Crippen LogP contribution in [-0.4, -0.2) is 31.2 Å². The Balaban J connectivity index is 1.33. The number of nitrogens with two attached hydrogens (primary N) is 1. The van der Waals surface area contributed by atoms with Crippen LogP contribution in [-0.2, 0) is 11.3 Å². The molecule has 0 saturated heterocycles. The maximum Gasteiger partial charge on any atom is 0.258 e. The molecule has 0 spiro atoms. The molecule has 160 valence electrons. The van der Waals surface area contributed by atoms with Gasteiger partial charge in [-0.3, -0.25) is 4.79 Å². The van der Waals surface area contributed by atoms with Crippen LogP contribution in [0.3, 0.4) is 0 Å². The first-order valence-electron chi connectivity index (χ1n) is 11.2. The predicted molar refractivity (Wildman–Crippen MR) is 113 cm³/mol. The van der Waals surface area contributed by atoms with E-state index in [0.29, 0.717) is 11.5 Å². The highest BCUT2D eigenvalue weighted by Crippen LogP contribution is 2.52. The summed E-state index contributed by atoms with van der Waals surface area (Å²) < 4.78 is 11.3. The van der Waals surface area contributed by atoms with E-state index in [0.717, 1.165) is 36.3 Å². The van der Waals surface area contributed by atoms with Gasteiger partial charge in [0.25, 0.3) is 5.91 Å². The fourth-order valence-electron chi connectivity index (χ4n) is 6.18. The number of benzene rings is 1. The molecule has 0 unspecified atom stereocenters. The number of methoxy groups -OCH3 is 1. The average Bonchev–Trinajstić information content (AvgIpc) is 2.64. The van der Waals surface area contributed by atoms with Crippen LogP contribution in [0.1, 0.15) is 58.4 Å². The molecule has 4 saturated carbocycles. The second-order valence-electron chi connectivity index (χ2n) is 10.5. The van der Waals surface area contributed by atoms with E-state index in [2.05, 4.69) is 22.8 Å². The van der Waals surface area contributed by atoms with E-state index in [9.17, 15) is 4.79 Å². The molecule has 29 heavy (non-hydrogen) atoms. The minimum absolute atomic E-state index is 0.00707. The molecule has 0 aromatic heterocycles. The van der Waals surface area contributed by atoms with Crippen molar-refractivity contribution < 1.29 is 19.6 Å². The van der Waals surface area contributed by atoms with Gasteiger partial charge < -0.3 is 20.1 Å². The topological polar surface area (TPSA) is 64.2 Å². The molecular weight excluding hydrogens is 364 g/mol. The Morgan fingerprint density at radius 3 is 2.31 bits per heavy atom. The Labute approximate surface area is 174 Å². The van der Waals surface area contributed by atoms with Gasteiger partial charge in [-0.1, -0.05) is 0 Å². The number of ether oxygens (including phenoxy) is 2. The van der Waals surface area contributed by atoms with Gasteiger partial charge in [0.2, 0.25) is 0 Å². The Kier molecular flexibility index (Phi) is 5.78. The molecule has 1 aromatic rings. The maximum absolute atomic E-state index is 12.0. The number of quaternary nitrogens is 1. The Morgan fingerprint density at radius 2 is 1.72 bits per heavy atom. The van der Waals surface area contributed by atoms with Gasteiger partial charge in [-0.15, -0.1) is 0 Å². The smallest absolute Gasteiger partial charge is 0.258 e. The van der Waals surface area contributed by atoms with E-state index in [-0.39, 0.29) is 18.1 Å². The molecule has 0 heterocycles. The number of carbonyl (C=O) groups is 1. The minimum Gasteiger partial charge on any atom is -0.493 e. The number of carbonyl (C=O) groups excluding carboxylic acids is 1. The normalized spacial score (nSPS) is 30.3. The first kappa shape index (κ1) is 20.5. The molecule has 0 atom stereocenters. The number of rotatable bonds is 7. The summed E-state index contributed by atoms with van der Waals surface area (Å²) in [7, 11) is 1.66. The fraction of sp³-hybridized carbons (Fsp3) is 0.708. The van der Waals surface area contributed by atoms with Crippen LogP contribution in [0.2, 0.25) is 0 Å². The summed E-state index contributed by atoms with van der Waals surface area (Å²) in [6.07, 6.45) is 7.34. The molecule has 1 aromatic carbocycles. The zero-order valence-electron chi connectivity index (χ0n) is 18.4. The number of hydrogen-bond acceptors (Lipinski definition) is 3. The molecular formula is C24H37N2O3+. The largest absolute Gasteiger partial charge is 0.493 e. The third-order valence-corrected chi connectivity index (χ3v) is 7.03. The fourth-order valence-corrected chi connectivity index (χ4v) is 6.18. The van der Waals surface area contributed by atoms with Gasteiger partial charge in [-0.25, -0.2) is 0 Å². The SMILES string of the molecule is COc1cc(C[NH2+]C2C3CC4CC(C3)CC2C4)ccc1OCC(=O)NC(C)(C)C. The predicted octanol–water partition coefficient (Wildman–Crippen LogP) is 2.88. The van der Waals surface area contributed by atoms with E-state index in [1.54, 1.807) is 7.11 Å². The second-order valence-corrected chi connectivity index (χ2v) is 10.5. The van der Waals surface area contributed by atoms with Crippen molar-refractivity contribution in [1.29, 1.82) is 0 Å². The summed E-state index contributed by atoms with van der Waals surface area (Å²) in [6.45, 7) is 6.85. The zero-order chi connectivity index (χ0) is 20.6. The van der Waals surface area contributed by atoms with E-state index in [4.69, 9.17) is 9.47 Å². The van der Waals surface area contributed by atoms with Crippen LogP contribution in [0, 0.1) is 23.7 Å². The van der Waals surface area contributed by atoms with E-state index < -0.39 is 0 Å². The summed E-state index contributed by atoms with van der Waals surface area (Å²) in [5.74, 6) is 5.09. The van der Waals surface area contributed by atoms with E-state index in [1.165, 1.54) is 37.7 Å². The van der Waals surface area contributed by atoms with Gasteiger partial charge in [0.1, 0.15) is 6.54 Å². The van der Waals surface area contributed by atoms with Crippen LogP contribution in [0.15, 0.2) is 18.2 Å². The molecule has 0 aliphatic heterocycles. The lowest BCUT2D eigenvalue weighted by Gasteiger charge is -2.52. The summed E-state index contributed by atoms with van der Waals surface area (Å²) in [4.78, 5) is 12.0. The monoisotopic (exact) mass is 401 g/mol. The highest BCUT2D eigenvalue weighted by molar-refractivity contribution is 5.78. The molecule has 3 N–H and O–H groups in total. The standard InChI is InChI=1S/C24H36N2O3/c1-24(2,3)26-22(27)14-29-20-6-5-15(12-21(20)28-4)13-25-23-18-8-16-7-17(10-18)11-19(23)9-16/h5-6,12,16-19,23,25H,7-11,13-14H2,1-4H3,(H,26,27)/p+1. The van der Waals surface area contributed by atoms with Crippen molar-refractivity contribution in [3.63, 3.8) is 0 Å². The summed E-state index contributed by atoms with van der Waals surface area (Å²) in [5, 5.41) is 5.49. The highest BCUT2D eigenvalue weighted by atomic mass is 16.5. The Morgan fingerprint density at radius 1 is 1.07 bits per heavy atom. The molecule has 0 radical (unpaired) electrons. The molecule has 4 aliphatic rings. The van der Waals surface area contributed by atoms with Crippen molar-refractivity contribution in [2.75, 3.05) is 13.7 Å². The summed E-state index contributed by atoms with van der Waals surface area (Å²) >= 11 is 0. The lowest BCUT2D eigenvalue weighted by atomic mass is 9.54. The van der Waals surface area contributed by atoms with Crippen molar-refractivity contribution >= 4 is 5.91 Å². The van der Waals surface area contributed by atoms with Gasteiger partial charge in [0, 0.05) is 22.9 Å². The van der Waals surface area contributed by atoms with Crippen LogP contribution >= 0.6 is 0 Å². The van der Waals surface area contributed by atoms with Crippen molar-refractivity contribution in [1.82, 2.24) is 5.32 Å². The van der Waals surface area contributed by atoms with Crippen LogP contribution < -0.4 is 20.1 Å². The third-order valence-electron chi connectivity index (χ3n) is 7.03. The quantitative estimate of drug-likeness (QED) is 0.738. The molecule has 5 heteroatoms. The molecule has 4 bridgehead atoms. The van der Waals surface area contributed by atoms with Gasteiger partial charge in [-0.2, -0.15) is 0 Å². The van der Waals surface area contributed by atoms with Crippen LogP contribution in [0.4, 0.5) is 0 Å². The lowest BCUT2D eigenvalue weighted by Crippen LogP contribution is -2.93. The maximum atomic E-state index is 12.0. The minimum atomic E-state index is -0.262. The van der Waals surface area contributed by atoms with Crippen molar-refractivity contribution in [3.8, 4) is 11.5 Å². The van der Waals surface area contributed by atoms with E-state index >= 15 is 0 Å². The molecule has 5 rings (SSSR count). The van der Waals surface area contributed by atoms with E-state index in [1.807, 2.05) is 26.8 Å². The zero-order valence-corrected chi connectivity index (χ0v) is 18.4. The number of amides is 1. The van der Waals surface area contributed by atoms with Crippen LogP contribution in [0.25, 0.3) is 0 Å². The second kappa shape index (κ2) is 8.17. The highest BCUT2D eigenvalue weighted by Gasteiger charge is 2.50. The molecule has 4 aliphatic carbocycles. The van der Waals surface area contributed by atoms with Gasteiger partial charge in [0.15, 0.2) is 18.1 Å². The van der Waals surface area contributed by atoms with Crippen molar-refractivity contribution in [3.05, 3.63) is 23.8 Å². The van der Waals surface area contributed by atoms with Gasteiger partial charge >= 0.3 is 0 Å². The van der Waals surface area contributed by atoms with Crippen molar-refractivity contribution in [2.45, 2.75) is 71.0 Å². The van der Waals surface area contributed by atoms with Crippen LogP contribution in [0.5, 0.6) is 11.5 Å². The molecule has 1 amide bonds. The average molecular weight is 402 g/mol. The molecule has 4 fully saturated rings.